The second kappa shape index (κ2) is 7.08. The minimum absolute atomic E-state index is 0.170. The van der Waals surface area contributed by atoms with Crippen molar-refractivity contribution in [1.29, 1.82) is 0 Å². The van der Waals surface area contributed by atoms with Gasteiger partial charge in [0.15, 0.2) is 0 Å². The number of aromatic nitrogens is 3. The van der Waals surface area contributed by atoms with Gasteiger partial charge in [-0.05, 0) is 31.4 Å². The standard InChI is InChI=1S/C14H18ClN5O/c1-9-10(8-19-20-9)4-3-5-17-14(21)11-6-12(15)13(16-2)18-7-11/h6-8H,3-5H2,1-2H3,(H,16,18)(H,17,21)(H,19,20). The summed E-state index contributed by atoms with van der Waals surface area (Å²) in [6.07, 6.45) is 5.05. The molecular formula is C14H18ClN5O. The highest BCUT2D eigenvalue weighted by Gasteiger charge is 2.09. The van der Waals surface area contributed by atoms with E-state index in [4.69, 9.17) is 11.6 Å². The van der Waals surface area contributed by atoms with Crippen molar-refractivity contribution in [3.63, 3.8) is 0 Å². The number of halogens is 1. The third-order valence-corrected chi connectivity index (χ3v) is 3.47. The number of amides is 1. The second-order valence-electron chi connectivity index (χ2n) is 4.68. The van der Waals surface area contributed by atoms with Crippen LogP contribution in [0.1, 0.15) is 28.0 Å². The quantitative estimate of drug-likeness (QED) is 0.714. The monoisotopic (exact) mass is 307 g/mol. The van der Waals surface area contributed by atoms with Crippen molar-refractivity contribution in [1.82, 2.24) is 20.5 Å². The van der Waals surface area contributed by atoms with Crippen molar-refractivity contribution in [2.75, 3.05) is 18.9 Å². The lowest BCUT2D eigenvalue weighted by Crippen LogP contribution is -2.25. The average Bonchev–Trinajstić information content (AvgIpc) is 2.88. The molecule has 0 saturated carbocycles. The van der Waals surface area contributed by atoms with E-state index in [-0.39, 0.29) is 5.91 Å². The zero-order chi connectivity index (χ0) is 15.2. The third-order valence-electron chi connectivity index (χ3n) is 3.18. The lowest BCUT2D eigenvalue weighted by molar-refractivity contribution is 0.0953. The van der Waals surface area contributed by atoms with Gasteiger partial charge in [-0.2, -0.15) is 5.10 Å². The third kappa shape index (κ3) is 3.95. The Bertz CT molecular complexity index is 626. The predicted octanol–water partition coefficient (Wildman–Crippen LogP) is 2.17. The number of pyridine rings is 1. The number of anilines is 1. The van der Waals surface area contributed by atoms with Crippen LogP contribution in [0.25, 0.3) is 0 Å². The maximum absolute atomic E-state index is 12.0. The van der Waals surface area contributed by atoms with Gasteiger partial charge in [0, 0.05) is 25.5 Å². The van der Waals surface area contributed by atoms with Crippen LogP contribution < -0.4 is 10.6 Å². The molecule has 0 spiro atoms. The minimum Gasteiger partial charge on any atom is -0.372 e. The summed E-state index contributed by atoms with van der Waals surface area (Å²) in [5, 5.41) is 13.0. The molecule has 2 rings (SSSR count). The number of carbonyl (C=O) groups excluding carboxylic acids is 1. The van der Waals surface area contributed by atoms with Crippen LogP contribution in [0.4, 0.5) is 5.82 Å². The van der Waals surface area contributed by atoms with Crippen LogP contribution in [-0.2, 0) is 6.42 Å². The van der Waals surface area contributed by atoms with Crippen molar-refractivity contribution in [2.45, 2.75) is 19.8 Å². The maximum Gasteiger partial charge on any atom is 0.252 e. The van der Waals surface area contributed by atoms with E-state index in [1.807, 2.05) is 13.1 Å². The fourth-order valence-electron chi connectivity index (χ4n) is 1.96. The Morgan fingerprint density at radius 1 is 1.43 bits per heavy atom. The zero-order valence-electron chi connectivity index (χ0n) is 12.0. The fraction of sp³-hybridized carbons (Fsp3) is 0.357. The van der Waals surface area contributed by atoms with Gasteiger partial charge in [0.05, 0.1) is 16.8 Å². The van der Waals surface area contributed by atoms with Gasteiger partial charge in [-0.25, -0.2) is 4.98 Å². The Kier molecular flexibility index (Phi) is 5.16. The number of hydrogen-bond donors (Lipinski definition) is 3. The summed E-state index contributed by atoms with van der Waals surface area (Å²) < 4.78 is 0. The summed E-state index contributed by atoms with van der Waals surface area (Å²) in [5.41, 5.74) is 2.70. The van der Waals surface area contributed by atoms with E-state index in [1.54, 1.807) is 13.1 Å². The molecule has 0 radical (unpaired) electrons. The average molecular weight is 308 g/mol. The molecule has 2 aromatic rings. The molecule has 0 aliphatic heterocycles. The summed E-state index contributed by atoms with van der Waals surface area (Å²) in [4.78, 5) is 16.1. The molecule has 6 nitrogen and oxygen atoms in total. The molecule has 0 saturated heterocycles. The van der Waals surface area contributed by atoms with Crippen LogP contribution >= 0.6 is 11.6 Å². The highest BCUT2D eigenvalue weighted by Crippen LogP contribution is 2.19. The van der Waals surface area contributed by atoms with Gasteiger partial charge in [-0.1, -0.05) is 11.6 Å². The molecule has 0 aromatic carbocycles. The van der Waals surface area contributed by atoms with Crippen LogP contribution in [0.5, 0.6) is 0 Å². The van der Waals surface area contributed by atoms with Gasteiger partial charge in [-0.3, -0.25) is 9.89 Å². The van der Waals surface area contributed by atoms with Crippen molar-refractivity contribution in [3.05, 3.63) is 40.3 Å². The summed E-state index contributed by atoms with van der Waals surface area (Å²) in [7, 11) is 1.73. The number of H-pyrrole nitrogens is 1. The van der Waals surface area contributed by atoms with Gasteiger partial charge < -0.3 is 10.6 Å². The largest absolute Gasteiger partial charge is 0.372 e. The molecule has 0 aliphatic rings. The number of aromatic amines is 1. The molecule has 7 heteroatoms. The molecule has 1 amide bonds. The number of rotatable bonds is 6. The molecule has 0 unspecified atom stereocenters. The van der Waals surface area contributed by atoms with Gasteiger partial charge in [0.2, 0.25) is 0 Å². The van der Waals surface area contributed by atoms with E-state index in [0.29, 0.717) is 22.9 Å². The Morgan fingerprint density at radius 3 is 2.86 bits per heavy atom. The molecule has 2 heterocycles. The van der Waals surface area contributed by atoms with Gasteiger partial charge >= 0.3 is 0 Å². The Hall–Kier alpha value is -2.08. The van der Waals surface area contributed by atoms with Gasteiger partial charge in [0.1, 0.15) is 5.82 Å². The number of carbonyl (C=O) groups is 1. The number of nitrogens with zero attached hydrogens (tertiary/aromatic N) is 2. The highest BCUT2D eigenvalue weighted by molar-refractivity contribution is 6.33. The smallest absolute Gasteiger partial charge is 0.252 e. The number of aryl methyl sites for hydroxylation is 2. The number of hydrogen-bond acceptors (Lipinski definition) is 4. The first-order chi connectivity index (χ1) is 10.1. The van der Waals surface area contributed by atoms with Gasteiger partial charge in [0.25, 0.3) is 5.91 Å². The van der Waals surface area contributed by atoms with Crippen molar-refractivity contribution in [2.24, 2.45) is 0 Å². The van der Waals surface area contributed by atoms with Crippen LogP contribution in [-0.4, -0.2) is 34.7 Å². The van der Waals surface area contributed by atoms with E-state index < -0.39 is 0 Å². The van der Waals surface area contributed by atoms with Crippen LogP contribution in [0.2, 0.25) is 5.02 Å². The maximum atomic E-state index is 12.0. The normalized spacial score (nSPS) is 10.4. The number of nitrogens with one attached hydrogen (secondary N) is 3. The first-order valence-electron chi connectivity index (χ1n) is 6.72. The molecule has 112 valence electrons. The fourth-order valence-corrected chi connectivity index (χ4v) is 2.22. The molecule has 0 aliphatic carbocycles. The van der Waals surface area contributed by atoms with E-state index in [9.17, 15) is 4.79 Å². The molecule has 0 atom stereocenters. The summed E-state index contributed by atoms with van der Waals surface area (Å²) >= 11 is 6.00. The summed E-state index contributed by atoms with van der Waals surface area (Å²) in [5.74, 6) is 0.389. The van der Waals surface area contributed by atoms with E-state index in [1.165, 1.54) is 11.8 Å². The Morgan fingerprint density at radius 2 is 2.24 bits per heavy atom. The molecular weight excluding hydrogens is 290 g/mol. The zero-order valence-corrected chi connectivity index (χ0v) is 12.8. The lowest BCUT2D eigenvalue weighted by Gasteiger charge is -2.07. The van der Waals surface area contributed by atoms with Crippen molar-refractivity contribution in [3.8, 4) is 0 Å². The first kappa shape index (κ1) is 15.3. The van der Waals surface area contributed by atoms with Crippen molar-refractivity contribution >= 4 is 23.3 Å². The minimum atomic E-state index is -0.170. The Balaban J connectivity index is 1.82. The van der Waals surface area contributed by atoms with Crippen LogP contribution in [0.15, 0.2) is 18.5 Å². The Labute approximate surface area is 128 Å². The highest BCUT2D eigenvalue weighted by atomic mass is 35.5. The summed E-state index contributed by atoms with van der Waals surface area (Å²) in [6.45, 7) is 2.58. The second-order valence-corrected chi connectivity index (χ2v) is 5.09. The SMILES string of the molecule is CNc1ncc(C(=O)NCCCc2cn[nH]c2C)cc1Cl. The topological polar surface area (TPSA) is 82.7 Å². The van der Waals surface area contributed by atoms with Gasteiger partial charge in [-0.15, -0.1) is 0 Å². The molecule has 0 fully saturated rings. The first-order valence-corrected chi connectivity index (χ1v) is 7.10. The molecule has 2 aromatic heterocycles. The van der Waals surface area contributed by atoms with Crippen LogP contribution in [0, 0.1) is 6.92 Å². The van der Waals surface area contributed by atoms with E-state index in [0.717, 1.165) is 18.5 Å². The summed E-state index contributed by atoms with van der Waals surface area (Å²) in [6, 6.07) is 1.61. The van der Waals surface area contributed by atoms with E-state index in [2.05, 4.69) is 25.8 Å². The molecule has 21 heavy (non-hydrogen) atoms. The molecule has 3 N–H and O–H groups in total. The lowest BCUT2D eigenvalue weighted by atomic mass is 10.1. The van der Waals surface area contributed by atoms with Crippen LogP contribution in [0.3, 0.4) is 0 Å². The van der Waals surface area contributed by atoms with E-state index >= 15 is 0 Å². The molecule has 0 bridgehead atoms. The predicted molar refractivity (Wildman–Crippen MR) is 82.8 cm³/mol. The van der Waals surface area contributed by atoms with Crippen molar-refractivity contribution < 1.29 is 4.79 Å².